The first-order valence-corrected chi connectivity index (χ1v) is 27.1. The van der Waals surface area contributed by atoms with Crippen LogP contribution in [0.25, 0.3) is 5.57 Å². The van der Waals surface area contributed by atoms with Crippen molar-refractivity contribution >= 4 is 63.1 Å². The first kappa shape index (κ1) is 50.8. The molecule has 0 fully saturated rings. The van der Waals surface area contributed by atoms with E-state index in [1.54, 1.807) is 24.3 Å². The molecule has 4 N–H and O–H groups in total. The van der Waals surface area contributed by atoms with E-state index in [1.807, 2.05) is 37.2 Å². The molecule has 0 atom stereocenters. The fraction of sp³-hybridized carbons (Fsp3) is 0.400. The lowest BCUT2D eigenvalue weighted by Gasteiger charge is -2.28. The van der Waals surface area contributed by atoms with Gasteiger partial charge < -0.3 is 9.64 Å². The number of allylic oxidation sites excluding steroid dienone is 8. The van der Waals surface area contributed by atoms with E-state index in [4.69, 9.17) is 4.74 Å². The predicted molar refractivity (Wildman–Crippen MR) is 246 cm³/mol. The van der Waals surface area contributed by atoms with Gasteiger partial charge in [-0.25, -0.2) is 8.78 Å². The Morgan fingerprint density at radius 2 is 1.29 bits per heavy atom. The number of anilines is 1. The Hall–Kier alpha value is -4.61. The van der Waals surface area contributed by atoms with Gasteiger partial charge in [0, 0.05) is 59.6 Å². The van der Waals surface area contributed by atoms with Gasteiger partial charge in [0.15, 0.2) is 5.71 Å². The van der Waals surface area contributed by atoms with Gasteiger partial charge in [0.1, 0.15) is 23.9 Å². The van der Waals surface area contributed by atoms with Gasteiger partial charge >= 0.3 is 0 Å². The molecule has 0 saturated heterocycles. The summed E-state index contributed by atoms with van der Waals surface area (Å²) in [5.74, 6) is -2.82. The van der Waals surface area contributed by atoms with Crippen LogP contribution in [0.1, 0.15) is 89.3 Å². The summed E-state index contributed by atoms with van der Waals surface area (Å²) >= 11 is 0. The normalized spacial score (nSPS) is 18.8. The molecule has 2 heterocycles. The number of fused-ring (bicyclic) bond motifs is 2. The number of rotatable bonds is 17. The second kappa shape index (κ2) is 18.8. The fourth-order valence-electron chi connectivity index (χ4n) is 9.07. The molecule has 6 rings (SSSR count). The number of unbranched alkanes of at least 4 members (excludes halogenated alkanes) is 2. The Morgan fingerprint density at radius 3 is 1.86 bits per heavy atom. The number of nitrogens with zero attached hydrogens (tertiary/aromatic N) is 2. The van der Waals surface area contributed by atoms with E-state index in [0.29, 0.717) is 77.2 Å². The van der Waals surface area contributed by atoms with Gasteiger partial charge in [-0.2, -0.15) is 38.2 Å². The van der Waals surface area contributed by atoms with Crippen molar-refractivity contribution in [2.24, 2.45) is 0 Å². The summed E-state index contributed by atoms with van der Waals surface area (Å²) in [4.78, 5) is 1.21. The summed E-state index contributed by atoms with van der Waals surface area (Å²) in [7, 11) is -16.4. The zero-order valence-corrected chi connectivity index (χ0v) is 40.2. The van der Waals surface area contributed by atoms with Crippen LogP contribution >= 0.6 is 0 Å². The smallest absolute Gasteiger partial charge is 0.294 e. The first-order chi connectivity index (χ1) is 30.5. The Kier molecular flexibility index (Phi) is 14.5. The van der Waals surface area contributed by atoms with Crippen molar-refractivity contribution in [3.63, 3.8) is 0 Å². The highest BCUT2D eigenvalue weighted by molar-refractivity contribution is 7.86. The van der Waals surface area contributed by atoms with Gasteiger partial charge in [-0.05, 0) is 111 Å². The highest BCUT2D eigenvalue weighted by atomic mass is 32.2. The van der Waals surface area contributed by atoms with Crippen molar-refractivity contribution in [1.82, 2.24) is 0 Å². The zero-order valence-electron chi connectivity index (χ0n) is 37.0. The minimum absolute atomic E-state index is 0.0517. The molecule has 0 radical (unpaired) electrons. The average molecular weight is 996 g/mol. The summed E-state index contributed by atoms with van der Waals surface area (Å²) in [6.07, 6.45) is 9.07. The molecule has 3 aromatic rings. The van der Waals surface area contributed by atoms with Crippen LogP contribution < -0.4 is 9.64 Å². The first-order valence-electron chi connectivity index (χ1n) is 21.0. The minimum atomic E-state index is -4.60. The Bertz CT molecular complexity index is 3060. The van der Waals surface area contributed by atoms with Gasteiger partial charge in [0.25, 0.3) is 40.5 Å². The monoisotopic (exact) mass is 995 g/mol. The molecule has 0 bridgehead atoms. The maximum absolute atomic E-state index is 16.3. The molecule has 358 valence electrons. The van der Waals surface area contributed by atoms with Crippen molar-refractivity contribution < 1.29 is 70.0 Å². The third-order valence-corrected chi connectivity index (χ3v) is 15.6. The van der Waals surface area contributed by atoms with Crippen LogP contribution in [0, 0.1) is 11.6 Å². The molecule has 0 aromatic heterocycles. The number of hydrogen-bond donors (Lipinski definition) is 4. The van der Waals surface area contributed by atoms with Gasteiger partial charge in [-0.3, -0.25) is 18.2 Å². The molecule has 15 nitrogen and oxygen atoms in total. The van der Waals surface area contributed by atoms with Crippen molar-refractivity contribution in [2.45, 2.75) is 93.3 Å². The van der Waals surface area contributed by atoms with Crippen LogP contribution in [0.5, 0.6) is 5.75 Å². The summed E-state index contributed by atoms with van der Waals surface area (Å²) in [6.45, 7) is 7.82. The molecule has 0 unspecified atom stereocenters. The SMILES string of the molecule is COc1cc(F)c(C2=C(C=CC3=[N+](CCCCS(=O)(=O)O)c4ccc(S(=O)(=O)O)cc4C3(C)C)CCCC2=CC=C2N(CCCCS(=O)(=O)O)c3ccc(S(=O)(=O)O)cc3C2(C)C)c(F)c1. The van der Waals surface area contributed by atoms with E-state index in [-0.39, 0.29) is 52.6 Å². The number of benzene rings is 3. The number of hydrogen-bond acceptors (Lipinski definition) is 10. The van der Waals surface area contributed by atoms with Crippen LogP contribution in [0.2, 0.25) is 0 Å². The average Bonchev–Trinajstić information content (AvgIpc) is 3.55. The van der Waals surface area contributed by atoms with Crippen LogP contribution in [-0.2, 0) is 51.3 Å². The van der Waals surface area contributed by atoms with Gasteiger partial charge in [0.05, 0.1) is 39.4 Å². The van der Waals surface area contributed by atoms with Crippen molar-refractivity contribution in [1.29, 1.82) is 0 Å². The summed E-state index contributed by atoms with van der Waals surface area (Å²) in [5, 5.41) is 0. The largest absolute Gasteiger partial charge is 0.497 e. The lowest BCUT2D eigenvalue weighted by molar-refractivity contribution is -0.438. The van der Waals surface area contributed by atoms with E-state index in [1.165, 1.54) is 43.5 Å². The molecule has 3 aliphatic rings. The number of ether oxygens (including phenoxy) is 1. The molecule has 3 aromatic carbocycles. The second-order valence-corrected chi connectivity index (χ2v) is 23.5. The fourth-order valence-corrected chi connectivity index (χ4v) is 11.2. The zero-order chi connectivity index (χ0) is 48.8. The van der Waals surface area contributed by atoms with Gasteiger partial charge in [0.2, 0.25) is 5.69 Å². The Balaban J connectivity index is 1.53. The minimum Gasteiger partial charge on any atom is -0.497 e. The molecular weight excluding hydrogens is 943 g/mol. The molecule has 0 saturated carbocycles. The number of methoxy groups -OCH3 is 1. The molecule has 21 heteroatoms. The summed E-state index contributed by atoms with van der Waals surface area (Å²) < 4.78 is 173. The Labute approximate surface area is 384 Å². The van der Waals surface area contributed by atoms with E-state index < -0.39 is 74.4 Å². The van der Waals surface area contributed by atoms with E-state index in [9.17, 15) is 51.9 Å². The van der Waals surface area contributed by atoms with Crippen LogP contribution in [-0.4, -0.2) is 93.9 Å². The van der Waals surface area contributed by atoms with E-state index >= 15 is 8.78 Å². The summed E-state index contributed by atoms with van der Waals surface area (Å²) in [6, 6.07) is 10.5. The molecule has 0 spiro atoms. The van der Waals surface area contributed by atoms with E-state index in [2.05, 4.69) is 0 Å². The third-order valence-electron chi connectivity index (χ3n) is 12.3. The van der Waals surface area contributed by atoms with Crippen LogP contribution in [0.3, 0.4) is 0 Å². The van der Waals surface area contributed by atoms with Gasteiger partial charge in [-0.1, -0.05) is 26.0 Å². The quantitative estimate of drug-likeness (QED) is 0.0571. The third kappa shape index (κ3) is 11.0. The second-order valence-electron chi connectivity index (χ2n) is 17.5. The van der Waals surface area contributed by atoms with Crippen molar-refractivity contribution in [3.05, 3.63) is 118 Å². The maximum atomic E-state index is 16.3. The summed E-state index contributed by atoms with van der Waals surface area (Å²) in [5.41, 5.74) is 2.63. The lowest BCUT2D eigenvalue weighted by Crippen LogP contribution is -2.28. The Morgan fingerprint density at radius 1 is 0.712 bits per heavy atom. The number of halogens is 2. The maximum Gasteiger partial charge on any atom is 0.294 e. The highest BCUT2D eigenvalue weighted by Crippen LogP contribution is 2.50. The van der Waals surface area contributed by atoms with Crippen molar-refractivity contribution in [3.8, 4) is 5.75 Å². The standard InChI is InChI=1S/C45H52F2N2O13S4/c1-44(2)34-27-32(65(56,57)58)15-17-38(34)48(21-6-8-23-63(50,51)52)40(44)19-13-29-11-10-12-30(42(29)43-36(46)25-31(62-5)26-37(43)47)14-20-41-45(3,4)35-28-33(66(59,60)61)16-18-39(35)49(41)22-7-9-24-64(53,54)55/h13-20,25-28H,6-12,21-24H2,1-5H3,(H3-,50,51,52,53,54,55,56,57,58,59,60,61)/p+1. The van der Waals surface area contributed by atoms with Crippen LogP contribution in [0.4, 0.5) is 20.2 Å². The molecule has 0 amide bonds. The lowest BCUT2D eigenvalue weighted by atomic mass is 9.79. The molecular formula is C45H53F2N2O13S4+. The molecule has 1 aliphatic carbocycles. The topological polar surface area (TPSA) is 233 Å². The van der Waals surface area contributed by atoms with E-state index in [0.717, 1.165) is 12.1 Å². The van der Waals surface area contributed by atoms with Crippen molar-refractivity contribution in [2.75, 3.05) is 36.6 Å². The van der Waals surface area contributed by atoms with Crippen LogP contribution in [0.15, 0.2) is 99.5 Å². The van der Waals surface area contributed by atoms with Gasteiger partial charge in [-0.15, -0.1) is 0 Å². The molecule has 66 heavy (non-hydrogen) atoms. The highest BCUT2D eigenvalue weighted by Gasteiger charge is 2.45. The molecule has 2 aliphatic heterocycles. The predicted octanol–water partition coefficient (Wildman–Crippen LogP) is 7.98.